The zero-order valence-corrected chi connectivity index (χ0v) is 11.6. The van der Waals surface area contributed by atoms with Gasteiger partial charge in [0.25, 0.3) is 0 Å². The molecule has 0 bridgehead atoms. The molecular formula is C14H21F5. The molecular weight excluding hydrogens is 263 g/mol. The Morgan fingerprint density at radius 1 is 0.895 bits per heavy atom. The molecule has 0 fully saturated rings. The summed E-state index contributed by atoms with van der Waals surface area (Å²) in [6, 6.07) is 0. The van der Waals surface area contributed by atoms with Crippen LogP contribution in [0.2, 0.25) is 0 Å². The van der Waals surface area contributed by atoms with Crippen LogP contribution in [0.1, 0.15) is 34.1 Å². The van der Waals surface area contributed by atoms with E-state index in [-0.39, 0.29) is 11.8 Å². The van der Waals surface area contributed by atoms with Crippen LogP contribution < -0.4 is 0 Å². The lowest BCUT2D eigenvalue weighted by molar-refractivity contribution is 0.00213. The van der Waals surface area contributed by atoms with Crippen molar-refractivity contribution in [2.75, 3.05) is 0 Å². The first-order chi connectivity index (χ1) is 8.68. The van der Waals surface area contributed by atoms with Gasteiger partial charge >= 0.3 is 0 Å². The third-order valence-electron chi connectivity index (χ3n) is 3.75. The molecule has 5 atom stereocenters. The van der Waals surface area contributed by atoms with Crippen molar-refractivity contribution in [1.82, 2.24) is 0 Å². The molecule has 0 saturated heterocycles. The van der Waals surface area contributed by atoms with Crippen molar-refractivity contribution >= 4 is 0 Å². The monoisotopic (exact) mass is 284 g/mol. The predicted molar refractivity (Wildman–Crippen MR) is 65.2 cm³/mol. The van der Waals surface area contributed by atoms with Gasteiger partial charge in [-0.1, -0.05) is 27.7 Å². The van der Waals surface area contributed by atoms with Crippen LogP contribution >= 0.6 is 0 Å². The fraction of sp³-hybridized carbons (Fsp3) is 0.857. The largest absolute Gasteiger partial charge is 0.243 e. The highest BCUT2D eigenvalue weighted by Crippen LogP contribution is 2.45. The summed E-state index contributed by atoms with van der Waals surface area (Å²) in [7, 11) is 0. The van der Waals surface area contributed by atoms with Crippen molar-refractivity contribution in [3.8, 4) is 0 Å². The molecule has 0 N–H and O–H groups in total. The standard InChI is InChI=1S/C14H21F5/c1-6(2)5-8(7(3)4)9-10(15)12(17)14(19)13(18)11(9)16/h6-10,12,14H,5H2,1-4H3/t8?,9?,10?,12-,14?/m0/s1. The summed E-state index contributed by atoms with van der Waals surface area (Å²) < 4.78 is 67.6. The number of hydrogen-bond acceptors (Lipinski definition) is 0. The minimum Gasteiger partial charge on any atom is -0.243 e. The van der Waals surface area contributed by atoms with Gasteiger partial charge in [0.05, 0.1) is 5.92 Å². The van der Waals surface area contributed by atoms with E-state index in [4.69, 9.17) is 0 Å². The average Bonchev–Trinajstić information content (AvgIpc) is 2.32. The van der Waals surface area contributed by atoms with E-state index in [1.165, 1.54) is 0 Å². The number of allylic oxidation sites excluding steroid dienone is 2. The Hall–Kier alpha value is -0.610. The molecule has 0 saturated carbocycles. The van der Waals surface area contributed by atoms with Gasteiger partial charge < -0.3 is 0 Å². The number of hydrogen-bond donors (Lipinski definition) is 0. The fourth-order valence-electron chi connectivity index (χ4n) is 2.73. The lowest BCUT2D eigenvalue weighted by Crippen LogP contribution is -2.44. The quantitative estimate of drug-likeness (QED) is 0.630. The predicted octanol–water partition coefficient (Wildman–Crippen LogP) is 5.10. The summed E-state index contributed by atoms with van der Waals surface area (Å²) in [6.45, 7) is 7.24. The number of alkyl halides is 3. The zero-order valence-electron chi connectivity index (χ0n) is 11.6. The van der Waals surface area contributed by atoms with E-state index in [1.54, 1.807) is 13.8 Å². The summed E-state index contributed by atoms with van der Waals surface area (Å²) in [5, 5.41) is 0. The highest BCUT2D eigenvalue weighted by atomic mass is 19.2. The van der Waals surface area contributed by atoms with Crippen LogP contribution in [0.3, 0.4) is 0 Å². The van der Waals surface area contributed by atoms with Gasteiger partial charge in [-0.3, -0.25) is 0 Å². The van der Waals surface area contributed by atoms with Crippen LogP contribution in [-0.2, 0) is 0 Å². The number of rotatable bonds is 4. The zero-order chi connectivity index (χ0) is 14.9. The second kappa shape index (κ2) is 6.23. The minimum absolute atomic E-state index is 0.136. The first-order valence-corrected chi connectivity index (χ1v) is 6.65. The molecule has 0 aromatic carbocycles. The summed E-state index contributed by atoms with van der Waals surface area (Å²) >= 11 is 0. The summed E-state index contributed by atoms with van der Waals surface area (Å²) in [5.41, 5.74) is 0. The van der Waals surface area contributed by atoms with Crippen LogP contribution in [0, 0.1) is 23.7 Å². The van der Waals surface area contributed by atoms with E-state index in [9.17, 15) is 22.0 Å². The van der Waals surface area contributed by atoms with E-state index in [0.717, 1.165) is 0 Å². The normalized spacial score (nSPS) is 34.3. The lowest BCUT2D eigenvalue weighted by Gasteiger charge is -2.37. The van der Waals surface area contributed by atoms with Gasteiger partial charge in [-0.05, 0) is 24.2 Å². The maximum Gasteiger partial charge on any atom is 0.188 e. The molecule has 5 heteroatoms. The number of halogens is 5. The molecule has 112 valence electrons. The third kappa shape index (κ3) is 3.29. The van der Waals surface area contributed by atoms with Gasteiger partial charge in [-0.15, -0.1) is 0 Å². The first kappa shape index (κ1) is 16.4. The summed E-state index contributed by atoms with van der Waals surface area (Å²) in [6.07, 6.45) is -7.34. The molecule has 0 amide bonds. The molecule has 1 rings (SSSR count). The molecule has 0 nitrogen and oxygen atoms in total. The highest BCUT2D eigenvalue weighted by molar-refractivity contribution is 5.20. The molecule has 1 aliphatic rings. The van der Waals surface area contributed by atoms with Crippen molar-refractivity contribution < 1.29 is 22.0 Å². The summed E-state index contributed by atoms with van der Waals surface area (Å²) in [4.78, 5) is 0. The topological polar surface area (TPSA) is 0 Å². The Morgan fingerprint density at radius 3 is 1.84 bits per heavy atom. The van der Waals surface area contributed by atoms with E-state index in [0.29, 0.717) is 6.42 Å². The van der Waals surface area contributed by atoms with Crippen LogP contribution in [-0.4, -0.2) is 18.5 Å². The van der Waals surface area contributed by atoms with Crippen molar-refractivity contribution in [2.24, 2.45) is 23.7 Å². The Kier molecular flexibility index (Phi) is 5.39. The van der Waals surface area contributed by atoms with Crippen LogP contribution in [0.25, 0.3) is 0 Å². The maximum absolute atomic E-state index is 13.9. The Morgan fingerprint density at radius 2 is 1.42 bits per heavy atom. The Bertz CT molecular complexity index is 337. The molecule has 0 radical (unpaired) electrons. The van der Waals surface area contributed by atoms with Crippen LogP contribution in [0.5, 0.6) is 0 Å². The van der Waals surface area contributed by atoms with E-state index in [1.807, 2.05) is 13.8 Å². The van der Waals surface area contributed by atoms with E-state index in [2.05, 4.69) is 0 Å². The van der Waals surface area contributed by atoms with E-state index >= 15 is 0 Å². The van der Waals surface area contributed by atoms with Gasteiger partial charge in [0.1, 0.15) is 12.0 Å². The molecule has 0 spiro atoms. The molecule has 1 aliphatic carbocycles. The average molecular weight is 284 g/mol. The van der Waals surface area contributed by atoms with Crippen molar-refractivity contribution in [3.05, 3.63) is 11.7 Å². The smallest absolute Gasteiger partial charge is 0.188 e. The Balaban J connectivity index is 3.13. The van der Waals surface area contributed by atoms with Gasteiger partial charge in [-0.2, -0.15) is 0 Å². The van der Waals surface area contributed by atoms with Gasteiger partial charge in [0.2, 0.25) is 0 Å². The van der Waals surface area contributed by atoms with Gasteiger partial charge in [-0.25, -0.2) is 22.0 Å². The van der Waals surface area contributed by atoms with Crippen molar-refractivity contribution in [2.45, 2.75) is 52.6 Å². The van der Waals surface area contributed by atoms with E-state index < -0.39 is 42.0 Å². The molecule has 0 aromatic heterocycles. The van der Waals surface area contributed by atoms with Crippen molar-refractivity contribution in [1.29, 1.82) is 0 Å². The second-order valence-electron chi connectivity index (χ2n) is 6.05. The third-order valence-corrected chi connectivity index (χ3v) is 3.75. The van der Waals surface area contributed by atoms with Gasteiger partial charge in [0.15, 0.2) is 18.2 Å². The van der Waals surface area contributed by atoms with Crippen molar-refractivity contribution in [3.63, 3.8) is 0 Å². The molecule has 0 aliphatic heterocycles. The molecule has 0 aromatic rings. The lowest BCUT2D eigenvalue weighted by atomic mass is 9.72. The second-order valence-corrected chi connectivity index (χ2v) is 6.05. The Labute approximate surface area is 111 Å². The molecule has 4 unspecified atom stereocenters. The first-order valence-electron chi connectivity index (χ1n) is 6.65. The van der Waals surface area contributed by atoms with Gasteiger partial charge in [0, 0.05) is 0 Å². The maximum atomic E-state index is 13.9. The van der Waals surface area contributed by atoms with Crippen LogP contribution in [0.4, 0.5) is 22.0 Å². The molecule has 0 heterocycles. The SMILES string of the molecule is CC(C)CC(C(C)C)C1C(F)=C(F)C(F)[C@@H](F)C1F. The summed E-state index contributed by atoms with van der Waals surface area (Å²) in [5.74, 6) is -5.31. The fourth-order valence-corrected chi connectivity index (χ4v) is 2.73. The molecule has 19 heavy (non-hydrogen) atoms. The highest BCUT2D eigenvalue weighted by Gasteiger charge is 2.50. The van der Waals surface area contributed by atoms with Crippen LogP contribution in [0.15, 0.2) is 11.7 Å². The minimum atomic E-state index is -2.82.